The van der Waals surface area contributed by atoms with Gasteiger partial charge in [-0.1, -0.05) is 13.8 Å². The summed E-state index contributed by atoms with van der Waals surface area (Å²) in [5, 5.41) is 9.05. The largest absolute Gasteiger partial charge is 0.480 e. The van der Waals surface area contributed by atoms with Crippen molar-refractivity contribution in [3.8, 4) is 0 Å². The van der Waals surface area contributed by atoms with Gasteiger partial charge >= 0.3 is 5.97 Å². The summed E-state index contributed by atoms with van der Waals surface area (Å²) < 4.78 is 0. The molecule has 0 saturated heterocycles. The molecule has 0 saturated carbocycles. The molecule has 0 spiro atoms. The molecule has 0 radical (unpaired) electrons. The van der Waals surface area contributed by atoms with Crippen LogP contribution >= 0.6 is 0 Å². The van der Waals surface area contributed by atoms with Crippen molar-refractivity contribution in [2.75, 3.05) is 13.1 Å². The van der Waals surface area contributed by atoms with Crippen molar-refractivity contribution >= 4 is 11.9 Å². The minimum atomic E-state index is -0.843. The van der Waals surface area contributed by atoms with Crippen LogP contribution in [0.3, 0.4) is 0 Å². The van der Waals surface area contributed by atoms with Crippen LogP contribution in [0.25, 0.3) is 0 Å². The van der Waals surface area contributed by atoms with Gasteiger partial charge in [-0.25, -0.2) is 10.6 Å². The Morgan fingerprint density at radius 2 is 2.36 bits per heavy atom. The maximum absolute atomic E-state index is 11.0. The number of hydrogen-bond donors (Lipinski definition) is 3. The first-order valence-electron chi connectivity index (χ1n) is 4.58. The number of hydrazine groups is 1. The summed E-state index contributed by atoms with van der Waals surface area (Å²) in [6.07, 6.45) is 0. The Balaban J connectivity index is 2.79. The summed E-state index contributed by atoms with van der Waals surface area (Å²) in [5.74, 6) is 4.89. The maximum atomic E-state index is 11.0. The van der Waals surface area contributed by atoms with Crippen LogP contribution in [0.5, 0.6) is 0 Å². The van der Waals surface area contributed by atoms with E-state index in [0.717, 1.165) is 0 Å². The Hall–Kier alpha value is -1.30. The van der Waals surface area contributed by atoms with Gasteiger partial charge in [0.2, 0.25) is 5.96 Å². The van der Waals surface area contributed by atoms with Gasteiger partial charge in [0, 0.05) is 6.54 Å². The van der Waals surface area contributed by atoms with Gasteiger partial charge < -0.3 is 10.0 Å². The molecule has 4 N–H and O–H groups in total. The first-order chi connectivity index (χ1) is 6.57. The van der Waals surface area contributed by atoms with Crippen LogP contribution in [0.1, 0.15) is 13.8 Å². The predicted molar refractivity (Wildman–Crippen MR) is 52.6 cm³/mol. The van der Waals surface area contributed by atoms with E-state index in [-0.39, 0.29) is 5.92 Å². The van der Waals surface area contributed by atoms with Crippen molar-refractivity contribution in [2.45, 2.75) is 19.9 Å². The number of rotatable bonds is 3. The zero-order valence-electron chi connectivity index (χ0n) is 8.40. The van der Waals surface area contributed by atoms with Crippen molar-refractivity contribution in [3.63, 3.8) is 0 Å². The van der Waals surface area contributed by atoms with E-state index < -0.39 is 12.0 Å². The van der Waals surface area contributed by atoms with Crippen molar-refractivity contribution < 1.29 is 9.90 Å². The van der Waals surface area contributed by atoms with E-state index in [9.17, 15) is 4.79 Å². The van der Waals surface area contributed by atoms with E-state index in [1.165, 1.54) is 0 Å². The topological polar surface area (TPSA) is 90.9 Å². The van der Waals surface area contributed by atoms with E-state index in [1.807, 2.05) is 13.8 Å². The molecular formula is C8H16N4O2. The minimum Gasteiger partial charge on any atom is -0.480 e. The number of guanidine groups is 1. The van der Waals surface area contributed by atoms with Gasteiger partial charge in [-0.15, -0.1) is 0 Å². The molecule has 0 aromatic carbocycles. The summed E-state index contributed by atoms with van der Waals surface area (Å²) in [5.41, 5.74) is 2.42. The Labute approximate surface area is 82.8 Å². The molecule has 14 heavy (non-hydrogen) atoms. The second-order valence-electron chi connectivity index (χ2n) is 3.57. The highest BCUT2D eigenvalue weighted by Gasteiger charge is 2.32. The lowest BCUT2D eigenvalue weighted by atomic mass is 10.0. The molecule has 1 aliphatic rings. The number of nitrogens with two attached hydrogens (primary N) is 1. The van der Waals surface area contributed by atoms with Crippen LogP contribution in [0.15, 0.2) is 4.99 Å². The van der Waals surface area contributed by atoms with E-state index in [0.29, 0.717) is 19.0 Å². The van der Waals surface area contributed by atoms with E-state index in [1.54, 1.807) is 4.90 Å². The molecule has 6 nitrogen and oxygen atoms in total. The smallest absolute Gasteiger partial charge is 0.326 e. The van der Waals surface area contributed by atoms with Crippen molar-refractivity contribution in [2.24, 2.45) is 16.8 Å². The molecule has 1 rings (SSSR count). The first-order valence-corrected chi connectivity index (χ1v) is 4.58. The normalized spacial score (nSPS) is 18.3. The summed E-state index contributed by atoms with van der Waals surface area (Å²) >= 11 is 0. The average molecular weight is 200 g/mol. The first kappa shape index (κ1) is 10.8. The number of hydrogen-bond acceptors (Lipinski definition) is 5. The molecule has 0 bridgehead atoms. The highest BCUT2D eigenvalue weighted by atomic mass is 16.4. The lowest BCUT2D eigenvalue weighted by molar-refractivity contribution is -0.143. The highest BCUT2D eigenvalue weighted by molar-refractivity contribution is 5.86. The van der Waals surface area contributed by atoms with Crippen LogP contribution < -0.4 is 11.3 Å². The standard InChI is InChI=1S/C8H16N4O2/c1-5(2)6(7(13)14)12-4-3-10-8(12)11-9/h5-6H,3-4,9H2,1-2H3,(H,10,11)(H,13,14). The van der Waals surface area contributed by atoms with Crippen molar-refractivity contribution in [3.05, 3.63) is 0 Å². The number of carboxylic acid groups (broad SMARTS) is 1. The predicted octanol–water partition coefficient (Wildman–Crippen LogP) is -0.769. The van der Waals surface area contributed by atoms with Gasteiger partial charge in [-0.05, 0) is 5.92 Å². The molecule has 0 amide bonds. The number of aliphatic imine (C=N–C) groups is 1. The molecule has 0 aromatic heterocycles. The number of aliphatic carboxylic acids is 1. The maximum Gasteiger partial charge on any atom is 0.326 e. The molecule has 0 fully saturated rings. The van der Waals surface area contributed by atoms with Gasteiger partial charge in [0.1, 0.15) is 6.04 Å². The van der Waals surface area contributed by atoms with Gasteiger partial charge in [0.15, 0.2) is 0 Å². The van der Waals surface area contributed by atoms with Gasteiger partial charge in [-0.2, -0.15) is 0 Å². The second kappa shape index (κ2) is 4.28. The van der Waals surface area contributed by atoms with Crippen molar-refractivity contribution in [1.82, 2.24) is 10.3 Å². The second-order valence-corrected chi connectivity index (χ2v) is 3.57. The monoisotopic (exact) mass is 200 g/mol. The third-order valence-corrected chi connectivity index (χ3v) is 2.22. The quantitative estimate of drug-likeness (QED) is 0.411. The fourth-order valence-corrected chi connectivity index (χ4v) is 1.64. The van der Waals surface area contributed by atoms with E-state index >= 15 is 0 Å². The third-order valence-electron chi connectivity index (χ3n) is 2.22. The van der Waals surface area contributed by atoms with Crippen LogP contribution in [0.4, 0.5) is 0 Å². The summed E-state index contributed by atoms with van der Waals surface area (Å²) in [4.78, 5) is 16.8. The van der Waals surface area contributed by atoms with Gasteiger partial charge in [0.05, 0.1) is 6.54 Å². The molecule has 1 heterocycles. The van der Waals surface area contributed by atoms with Gasteiger partial charge in [-0.3, -0.25) is 10.4 Å². The summed E-state index contributed by atoms with van der Waals surface area (Å²) in [6, 6.07) is -0.563. The average Bonchev–Trinajstić information content (AvgIpc) is 2.51. The fourth-order valence-electron chi connectivity index (χ4n) is 1.64. The fraction of sp³-hybridized carbons (Fsp3) is 0.750. The Morgan fingerprint density at radius 1 is 1.71 bits per heavy atom. The summed E-state index contributed by atoms with van der Waals surface area (Å²) in [7, 11) is 0. The zero-order chi connectivity index (χ0) is 10.7. The minimum absolute atomic E-state index is 0.0177. The molecular weight excluding hydrogens is 184 g/mol. The summed E-state index contributed by atoms with van der Waals surface area (Å²) in [6.45, 7) is 4.93. The van der Waals surface area contributed by atoms with Crippen LogP contribution in [-0.2, 0) is 4.79 Å². The lowest BCUT2D eigenvalue weighted by Crippen LogP contribution is -2.52. The van der Waals surface area contributed by atoms with Gasteiger partial charge in [0.25, 0.3) is 0 Å². The van der Waals surface area contributed by atoms with Crippen LogP contribution in [0.2, 0.25) is 0 Å². The van der Waals surface area contributed by atoms with Crippen LogP contribution in [0, 0.1) is 5.92 Å². The Bertz CT molecular complexity index is 252. The van der Waals surface area contributed by atoms with E-state index in [2.05, 4.69) is 10.4 Å². The molecule has 1 unspecified atom stereocenters. The van der Waals surface area contributed by atoms with Crippen LogP contribution in [-0.4, -0.2) is 41.1 Å². The number of nitrogens with one attached hydrogen (secondary N) is 1. The highest BCUT2D eigenvalue weighted by Crippen LogP contribution is 2.14. The van der Waals surface area contributed by atoms with E-state index in [4.69, 9.17) is 10.9 Å². The third kappa shape index (κ3) is 1.95. The molecule has 0 aromatic rings. The molecule has 6 heteroatoms. The SMILES string of the molecule is CC(C)C(C(=O)O)N1CCN=C1NN. The van der Waals surface area contributed by atoms with Crippen molar-refractivity contribution in [1.29, 1.82) is 0 Å². The Kier molecular flexibility index (Phi) is 3.29. The number of carboxylic acids is 1. The molecule has 0 aliphatic carbocycles. The Morgan fingerprint density at radius 3 is 2.79 bits per heavy atom. The number of carbonyl (C=O) groups is 1. The molecule has 1 aliphatic heterocycles. The lowest BCUT2D eigenvalue weighted by Gasteiger charge is -2.29. The zero-order valence-corrected chi connectivity index (χ0v) is 8.40. The number of nitrogens with zero attached hydrogens (tertiary/aromatic N) is 2. The molecule has 80 valence electrons. The molecule has 1 atom stereocenters.